The molecule has 0 amide bonds. The van der Waals surface area contributed by atoms with Crippen LogP contribution < -0.4 is 5.32 Å². The predicted octanol–water partition coefficient (Wildman–Crippen LogP) is 2.04. The third-order valence-corrected chi connectivity index (χ3v) is 2.57. The van der Waals surface area contributed by atoms with Gasteiger partial charge in [-0.25, -0.2) is 13.6 Å². The monoisotopic (exact) mass is 233 g/mol. The lowest BCUT2D eigenvalue weighted by molar-refractivity contribution is -0.137. The average Bonchev–Trinajstić information content (AvgIpc) is 2.59. The van der Waals surface area contributed by atoms with Gasteiger partial charge in [-0.2, -0.15) is 0 Å². The van der Waals surface area contributed by atoms with Gasteiger partial charge in [-0.05, 0) is 6.07 Å². The molecule has 0 saturated carbocycles. The average molecular weight is 234 g/mol. The van der Waals surface area contributed by atoms with Crippen LogP contribution in [0.2, 0.25) is 5.02 Å². The number of carboxylic acid groups (broad SMARTS) is 1. The summed E-state index contributed by atoms with van der Waals surface area (Å²) in [5.74, 6) is -2.65. The largest absolute Gasteiger partial charge is 0.480 e. The Balaban J connectivity index is 2.49. The summed E-state index contributed by atoms with van der Waals surface area (Å²) >= 11 is 5.43. The molecule has 1 heterocycles. The Labute approximate surface area is 88.7 Å². The van der Waals surface area contributed by atoms with Gasteiger partial charge in [0.25, 0.3) is 0 Å². The van der Waals surface area contributed by atoms with Crippen molar-refractivity contribution in [3.8, 4) is 0 Å². The third-order valence-electron chi connectivity index (χ3n) is 2.29. The molecule has 1 aromatic rings. The van der Waals surface area contributed by atoms with E-state index in [4.69, 9.17) is 16.7 Å². The van der Waals surface area contributed by atoms with Crippen LogP contribution >= 0.6 is 11.6 Å². The van der Waals surface area contributed by atoms with Crippen LogP contribution in [0.4, 0.5) is 14.5 Å². The van der Waals surface area contributed by atoms with Crippen LogP contribution in [0.25, 0.3) is 0 Å². The number of nitrogens with one attached hydrogen (secondary N) is 1. The molecule has 1 aliphatic heterocycles. The van der Waals surface area contributed by atoms with Crippen LogP contribution in [-0.2, 0) is 11.2 Å². The fourth-order valence-corrected chi connectivity index (χ4v) is 1.78. The summed E-state index contributed by atoms with van der Waals surface area (Å²) in [7, 11) is 0. The lowest BCUT2D eigenvalue weighted by atomic mass is 10.1. The van der Waals surface area contributed by atoms with Crippen LogP contribution in [-0.4, -0.2) is 17.1 Å². The summed E-state index contributed by atoms with van der Waals surface area (Å²) in [6.07, 6.45) is -0.103. The van der Waals surface area contributed by atoms with Crippen molar-refractivity contribution in [2.75, 3.05) is 5.32 Å². The van der Waals surface area contributed by atoms with E-state index in [2.05, 4.69) is 5.32 Å². The first kappa shape index (κ1) is 10.2. The highest BCUT2D eigenvalue weighted by Gasteiger charge is 2.32. The van der Waals surface area contributed by atoms with E-state index in [9.17, 15) is 13.6 Å². The number of carbonyl (C=O) groups is 1. The standard InChI is InChI=1S/C9H6ClF2NO2/c10-4-2-5(11)8-3(7(4)12)1-6(13-8)9(14)15/h2,6,13H,1H2,(H,14,15). The highest BCUT2D eigenvalue weighted by Crippen LogP contribution is 2.34. The molecule has 3 nitrogen and oxygen atoms in total. The van der Waals surface area contributed by atoms with E-state index in [0.29, 0.717) is 0 Å². The Bertz CT molecular complexity index is 450. The first-order valence-corrected chi connectivity index (χ1v) is 4.54. The number of hydrogen-bond acceptors (Lipinski definition) is 2. The number of hydrogen-bond donors (Lipinski definition) is 2. The van der Waals surface area contributed by atoms with E-state index >= 15 is 0 Å². The topological polar surface area (TPSA) is 49.3 Å². The van der Waals surface area contributed by atoms with Crippen molar-refractivity contribution < 1.29 is 18.7 Å². The lowest BCUT2D eigenvalue weighted by Gasteiger charge is -2.05. The summed E-state index contributed by atoms with van der Waals surface area (Å²) in [5.41, 5.74) is -0.114. The maximum Gasteiger partial charge on any atom is 0.326 e. The van der Waals surface area contributed by atoms with Gasteiger partial charge in [0, 0.05) is 12.0 Å². The normalized spacial score (nSPS) is 18.5. The van der Waals surface area contributed by atoms with E-state index in [1.165, 1.54) is 0 Å². The summed E-state index contributed by atoms with van der Waals surface area (Å²) in [6, 6.07) is -0.171. The van der Waals surface area contributed by atoms with Crippen molar-refractivity contribution in [1.82, 2.24) is 0 Å². The second kappa shape index (κ2) is 3.34. The van der Waals surface area contributed by atoms with Gasteiger partial charge in [0.05, 0.1) is 10.7 Å². The van der Waals surface area contributed by atoms with E-state index < -0.39 is 23.6 Å². The van der Waals surface area contributed by atoms with Crippen molar-refractivity contribution in [1.29, 1.82) is 0 Å². The van der Waals surface area contributed by atoms with Crippen molar-refractivity contribution >= 4 is 23.3 Å². The molecule has 2 N–H and O–H groups in total. The van der Waals surface area contributed by atoms with Gasteiger partial charge in [-0.3, -0.25) is 0 Å². The number of carboxylic acids is 1. The molecule has 0 spiro atoms. The minimum absolute atomic E-state index is 0.00704. The third kappa shape index (κ3) is 1.52. The van der Waals surface area contributed by atoms with Crippen LogP contribution in [0.5, 0.6) is 0 Å². The SMILES string of the molecule is O=C(O)C1Cc2c(F)c(Cl)cc(F)c2N1. The zero-order valence-electron chi connectivity index (χ0n) is 7.35. The molecule has 80 valence electrons. The first-order chi connectivity index (χ1) is 7.00. The van der Waals surface area contributed by atoms with Crippen LogP contribution in [0.1, 0.15) is 5.56 Å². The molecule has 1 atom stereocenters. The molecule has 2 rings (SSSR count). The van der Waals surface area contributed by atoms with Gasteiger partial charge in [-0.15, -0.1) is 0 Å². The van der Waals surface area contributed by atoms with Gasteiger partial charge >= 0.3 is 5.97 Å². The van der Waals surface area contributed by atoms with E-state index in [-0.39, 0.29) is 22.7 Å². The van der Waals surface area contributed by atoms with Crippen molar-refractivity contribution in [2.45, 2.75) is 12.5 Å². The molecular formula is C9H6ClF2NO2. The number of benzene rings is 1. The molecule has 0 radical (unpaired) electrons. The fourth-order valence-electron chi connectivity index (χ4n) is 1.57. The summed E-state index contributed by atoms with van der Waals surface area (Å²) in [4.78, 5) is 10.6. The highest BCUT2D eigenvalue weighted by molar-refractivity contribution is 6.31. The Kier molecular flexibility index (Phi) is 2.26. The van der Waals surface area contributed by atoms with Gasteiger partial charge in [0.1, 0.15) is 17.7 Å². The zero-order chi connectivity index (χ0) is 11.2. The second-order valence-electron chi connectivity index (χ2n) is 3.25. The quantitative estimate of drug-likeness (QED) is 0.730. The first-order valence-electron chi connectivity index (χ1n) is 4.16. The second-order valence-corrected chi connectivity index (χ2v) is 3.65. The summed E-state index contributed by atoms with van der Waals surface area (Å²) < 4.78 is 26.6. The maximum absolute atomic E-state index is 13.4. The molecule has 15 heavy (non-hydrogen) atoms. The van der Waals surface area contributed by atoms with Crippen LogP contribution in [0, 0.1) is 11.6 Å². The van der Waals surface area contributed by atoms with E-state index in [1.54, 1.807) is 0 Å². The number of fused-ring (bicyclic) bond motifs is 1. The number of halogens is 3. The van der Waals surface area contributed by atoms with E-state index in [1.807, 2.05) is 0 Å². The minimum Gasteiger partial charge on any atom is -0.480 e. The van der Waals surface area contributed by atoms with Gasteiger partial charge in [0.2, 0.25) is 0 Å². The Morgan fingerprint density at radius 1 is 1.60 bits per heavy atom. The Morgan fingerprint density at radius 2 is 2.27 bits per heavy atom. The molecule has 1 aliphatic rings. The number of aliphatic carboxylic acids is 1. The van der Waals surface area contributed by atoms with Crippen molar-refractivity contribution in [3.63, 3.8) is 0 Å². The molecular weight excluding hydrogens is 228 g/mol. The zero-order valence-corrected chi connectivity index (χ0v) is 8.11. The van der Waals surface area contributed by atoms with Crippen molar-refractivity contribution in [3.05, 3.63) is 28.3 Å². The Morgan fingerprint density at radius 3 is 2.87 bits per heavy atom. The number of rotatable bonds is 1. The molecule has 0 bridgehead atoms. The smallest absolute Gasteiger partial charge is 0.326 e. The van der Waals surface area contributed by atoms with Gasteiger partial charge in [-0.1, -0.05) is 11.6 Å². The fraction of sp³-hybridized carbons (Fsp3) is 0.222. The molecule has 0 aliphatic carbocycles. The highest BCUT2D eigenvalue weighted by atomic mass is 35.5. The van der Waals surface area contributed by atoms with Gasteiger partial charge in [0.15, 0.2) is 0 Å². The summed E-state index contributed by atoms with van der Waals surface area (Å²) in [6.45, 7) is 0. The van der Waals surface area contributed by atoms with E-state index in [0.717, 1.165) is 6.07 Å². The minimum atomic E-state index is -1.15. The van der Waals surface area contributed by atoms with Gasteiger partial charge < -0.3 is 10.4 Å². The molecule has 0 saturated heterocycles. The number of anilines is 1. The van der Waals surface area contributed by atoms with Crippen LogP contribution in [0.3, 0.4) is 0 Å². The lowest BCUT2D eigenvalue weighted by Crippen LogP contribution is -2.26. The van der Waals surface area contributed by atoms with Crippen LogP contribution in [0.15, 0.2) is 6.07 Å². The molecule has 6 heteroatoms. The molecule has 0 fully saturated rings. The predicted molar refractivity (Wildman–Crippen MR) is 50.1 cm³/mol. The summed E-state index contributed by atoms with van der Waals surface area (Å²) in [5, 5.41) is 10.8. The molecule has 0 aromatic heterocycles. The molecule has 1 aromatic carbocycles. The van der Waals surface area contributed by atoms with Crippen molar-refractivity contribution in [2.24, 2.45) is 0 Å². The Hall–Kier alpha value is -1.36. The molecule has 1 unspecified atom stereocenters. The maximum atomic E-state index is 13.4.